The monoisotopic (exact) mass is 672 g/mol. The summed E-state index contributed by atoms with van der Waals surface area (Å²) >= 11 is 0. The second kappa shape index (κ2) is 10.7. The van der Waals surface area contributed by atoms with Gasteiger partial charge in [0.15, 0.2) is 28.0 Å². The van der Waals surface area contributed by atoms with E-state index in [1.54, 1.807) is 44.2 Å². The summed E-state index contributed by atoms with van der Waals surface area (Å²) in [5, 5.41) is 24.9. The number of hydrogen-bond acceptors (Lipinski definition) is 10. The van der Waals surface area contributed by atoms with Crippen molar-refractivity contribution in [1.82, 2.24) is 0 Å². The summed E-state index contributed by atoms with van der Waals surface area (Å²) in [5.74, 6) is -2.67. The Balaban J connectivity index is 1.70. The maximum Gasteiger partial charge on any atom is 0.338 e. The maximum atomic E-state index is 15.6. The number of Topliss-reactive ketones (excluding diaryl/α,β-unsaturated/α-hetero) is 1. The minimum atomic E-state index is -2.61. The molecule has 252 valence electrons. The van der Waals surface area contributed by atoms with Crippen LogP contribution in [0.15, 0.2) is 41.5 Å². The van der Waals surface area contributed by atoms with Gasteiger partial charge in [0.25, 0.3) is 0 Å². The Morgan fingerprint density at radius 1 is 1.00 bits per heavy atom. The third-order valence-corrected chi connectivity index (χ3v) is 20.2. The molecule has 12 heteroatoms. The van der Waals surface area contributed by atoms with Crippen molar-refractivity contribution in [2.75, 3.05) is 6.61 Å². The van der Waals surface area contributed by atoms with E-state index in [9.17, 15) is 19.8 Å². The number of aliphatic hydroxyl groups is 2. The number of ketones is 1. The molecule has 9 atom stereocenters. The normalized spacial score (nSPS) is 42.1. The maximum absolute atomic E-state index is 15.6. The van der Waals surface area contributed by atoms with E-state index in [4.69, 9.17) is 23.1 Å². The Kier molecular flexibility index (Phi) is 7.80. The Morgan fingerprint density at radius 3 is 2.22 bits per heavy atom. The van der Waals surface area contributed by atoms with Crippen molar-refractivity contribution in [2.45, 2.75) is 121 Å². The number of hydrogen-bond donors (Lipinski definition) is 2. The van der Waals surface area contributed by atoms with Gasteiger partial charge in [0.05, 0.1) is 35.7 Å². The van der Waals surface area contributed by atoms with Gasteiger partial charge < -0.3 is 33.3 Å². The fourth-order valence-electron chi connectivity index (χ4n) is 9.70. The molecule has 0 amide bonds. The van der Waals surface area contributed by atoms with Crippen molar-refractivity contribution < 1.29 is 47.7 Å². The summed E-state index contributed by atoms with van der Waals surface area (Å²) in [5.41, 5.74) is -4.00. The number of ether oxygens (including phenoxy) is 3. The van der Waals surface area contributed by atoms with Crippen molar-refractivity contribution in [3.8, 4) is 0 Å². The van der Waals surface area contributed by atoms with Gasteiger partial charge in [-0.3, -0.25) is 9.59 Å². The summed E-state index contributed by atoms with van der Waals surface area (Å²) in [7, 11) is -5.12. The van der Waals surface area contributed by atoms with Crippen LogP contribution in [0, 0.1) is 16.7 Å². The predicted molar refractivity (Wildman–Crippen MR) is 173 cm³/mol. The first-order chi connectivity index (χ1) is 21.2. The first kappa shape index (κ1) is 33.7. The lowest BCUT2D eigenvalue weighted by molar-refractivity contribution is -0.344. The number of carbonyl (C=O) groups is 3. The number of aliphatic hydroxyl groups excluding tert-OH is 1. The minimum absolute atomic E-state index is 0.0513. The molecule has 3 unspecified atom stereocenters. The van der Waals surface area contributed by atoms with Gasteiger partial charge in [0.1, 0.15) is 23.9 Å². The van der Waals surface area contributed by atoms with Gasteiger partial charge in [0, 0.05) is 25.2 Å². The van der Waals surface area contributed by atoms with E-state index in [1.807, 2.05) is 13.8 Å². The standard InChI is InChI=1S/C34H48O10Si2/c1-19-22(36)16-34(39)29(41-30(38)21-13-11-10-12-14-21)27-32(5)23(15-24-33(27,17-40-24)42-20(2)35)43-45(6,7)18-46(8,9)44-26(28(32)37)25(19)31(34,3)4/h10-14,22-24,26-27,29,36,39H,15-18H2,1-9H3/t22?,23-,24+,26+,27?,29?,32+,33+,34+/m0/s1. The molecule has 5 aliphatic rings. The molecule has 1 aromatic rings. The van der Waals surface area contributed by atoms with E-state index in [0.29, 0.717) is 16.8 Å². The highest BCUT2D eigenvalue weighted by Crippen LogP contribution is 2.65. The van der Waals surface area contributed by atoms with Crippen LogP contribution in [0.2, 0.25) is 31.9 Å². The van der Waals surface area contributed by atoms with Crippen molar-refractivity contribution in [2.24, 2.45) is 16.7 Å². The Hall–Kier alpha value is -2.20. The molecule has 2 N–H and O–H groups in total. The largest absolute Gasteiger partial charge is 0.455 e. The van der Waals surface area contributed by atoms with Crippen molar-refractivity contribution >= 4 is 34.4 Å². The lowest BCUT2D eigenvalue weighted by atomic mass is 9.44. The second-order valence-corrected chi connectivity index (χ2v) is 25.0. The van der Waals surface area contributed by atoms with Gasteiger partial charge in [-0.1, -0.05) is 32.0 Å². The molecule has 2 saturated heterocycles. The molecule has 10 nitrogen and oxygen atoms in total. The topological polar surface area (TPSA) is 138 Å². The van der Waals surface area contributed by atoms with E-state index in [-0.39, 0.29) is 30.8 Å². The smallest absolute Gasteiger partial charge is 0.338 e. The lowest BCUT2D eigenvalue weighted by Gasteiger charge is -2.68. The fourth-order valence-corrected chi connectivity index (χ4v) is 20.5. The summed E-state index contributed by atoms with van der Waals surface area (Å²) in [4.78, 5) is 42.5. The molecule has 0 aromatic heterocycles. The van der Waals surface area contributed by atoms with Gasteiger partial charge in [-0.2, -0.15) is 0 Å². The number of rotatable bonds is 3. The highest BCUT2D eigenvalue weighted by Gasteiger charge is 2.78. The molecule has 3 aliphatic carbocycles. The molecular formula is C34H48O10Si2. The third-order valence-electron chi connectivity index (χ3n) is 11.6. The predicted octanol–water partition coefficient (Wildman–Crippen LogP) is 4.09. The number of fused-ring (bicyclic) bond motifs is 6. The number of esters is 2. The van der Waals surface area contributed by atoms with Crippen LogP contribution >= 0.6 is 0 Å². The summed E-state index contributed by atoms with van der Waals surface area (Å²) in [6, 6.07) is 8.45. The van der Waals surface area contributed by atoms with Crippen LogP contribution in [0.25, 0.3) is 0 Å². The number of benzene rings is 1. The van der Waals surface area contributed by atoms with E-state index in [1.165, 1.54) is 6.92 Å². The van der Waals surface area contributed by atoms with E-state index >= 15 is 4.79 Å². The SMILES string of the molecule is CC(=O)O[C@]12CO[C@@H]1C[C@@H]1O[Si](C)(C)C[Si](C)(C)O[C@H]3C(=O)[C@@]1(C)C2C(OC(=O)c1ccccc1)[C@]1(O)CC(O)C(C)=C3C1(C)C. The first-order valence-corrected chi connectivity index (χ1v) is 22.5. The molecule has 0 spiro atoms. The fraction of sp³-hybridized carbons (Fsp3) is 0.676. The van der Waals surface area contributed by atoms with Crippen LogP contribution in [0.4, 0.5) is 0 Å². The van der Waals surface area contributed by atoms with Crippen LogP contribution < -0.4 is 0 Å². The van der Waals surface area contributed by atoms with Crippen molar-refractivity contribution in [3.63, 3.8) is 0 Å². The van der Waals surface area contributed by atoms with Crippen LogP contribution in [-0.2, 0) is 32.7 Å². The van der Waals surface area contributed by atoms with Crippen molar-refractivity contribution in [1.29, 1.82) is 0 Å². The van der Waals surface area contributed by atoms with Crippen LogP contribution in [0.5, 0.6) is 0 Å². The molecule has 2 aliphatic heterocycles. The second-order valence-electron chi connectivity index (χ2n) is 16.1. The zero-order valence-corrected chi connectivity index (χ0v) is 30.3. The molecule has 4 bridgehead atoms. The summed E-state index contributed by atoms with van der Waals surface area (Å²) in [6.07, 6.45) is -4.94. The van der Waals surface area contributed by atoms with Crippen molar-refractivity contribution in [3.05, 3.63) is 47.0 Å². The highest BCUT2D eigenvalue weighted by atomic mass is 28.4. The zero-order valence-electron chi connectivity index (χ0n) is 28.3. The average molecular weight is 673 g/mol. The van der Waals surface area contributed by atoms with Crippen LogP contribution in [-0.4, -0.2) is 92.9 Å². The van der Waals surface area contributed by atoms with Gasteiger partial charge in [0.2, 0.25) is 0 Å². The number of carbonyl (C=O) groups excluding carboxylic acids is 3. The van der Waals surface area contributed by atoms with Gasteiger partial charge in [-0.25, -0.2) is 4.79 Å². The Bertz CT molecular complexity index is 1490. The lowest BCUT2D eigenvalue weighted by Crippen LogP contribution is -2.82. The Labute approximate surface area is 273 Å². The minimum Gasteiger partial charge on any atom is -0.455 e. The van der Waals surface area contributed by atoms with Gasteiger partial charge >= 0.3 is 11.9 Å². The van der Waals surface area contributed by atoms with Gasteiger partial charge in [-0.05, 0) is 69.0 Å². The van der Waals surface area contributed by atoms with Gasteiger partial charge in [-0.15, -0.1) is 0 Å². The molecule has 46 heavy (non-hydrogen) atoms. The van der Waals surface area contributed by atoms with E-state index in [0.717, 1.165) is 0 Å². The molecular weight excluding hydrogens is 625 g/mol. The first-order valence-electron chi connectivity index (χ1n) is 16.3. The zero-order chi connectivity index (χ0) is 33.8. The molecule has 0 radical (unpaired) electrons. The molecule has 2 saturated carbocycles. The highest BCUT2D eigenvalue weighted by molar-refractivity contribution is 6.89. The summed E-state index contributed by atoms with van der Waals surface area (Å²) < 4.78 is 32.9. The molecule has 1 aromatic carbocycles. The van der Waals surface area contributed by atoms with Crippen LogP contribution in [0.1, 0.15) is 57.8 Å². The molecule has 4 fully saturated rings. The van der Waals surface area contributed by atoms with E-state index in [2.05, 4.69) is 26.2 Å². The van der Waals surface area contributed by atoms with E-state index < -0.39 is 87.0 Å². The quantitative estimate of drug-likeness (QED) is 0.274. The third kappa shape index (κ3) is 4.77. The molecule has 6 rings (SSSR count). The average Bonchev–Trinajstić information content (AvgIpc) is 2.95. The molecule has 2 heterocycles. The Morgan fingerprint density at radius 2 is 1.63 bits per heavy atom. The summed E-state index contributed by atoms with van der Waals surface area (Å²) in [6.45, 7) is 16.9. The van der Waals surface area contributed by atoms with Crippen LogP contribution in [0.3, 0.4) is 0 Å².